The van der Waals surface area contributed by atoms with Crippen molar-refractivity contribution in [2.24, 2.45) is 43.2 Å². The number of imidazole rings is 2. The number of morpholine rings is 4. The van der Waals surface area contributed by atoms with Gasteiger partial charge in [-0.05, 0) is 72.3 Å². The molecule has 14 heterocycles. The standard InChI is InChI=1S/C28H47N5O5.C27H43Cl2N5O3.C12H16N4O3.C8H8ClN3O2.C8H9N3O3.C4H9NO.CH2O3.BH.Cl3OP.Cl2OS.2K.U.H/c1-31-26-25(27(35)30-28(31)36)33(23(29-26)22-32-18-20-38-21-19-32)17-15-13-11-9-7-5-3-4-6-8-10-12-14-16-24(34)37-2;1-36-23(35)15-13-11-9-7-5-3-2-4-6-8-10-12-14-16-34-22(21-33-17-19-37-20-18-33)30-26-24(34)25(28)31-27(29)32-26;1-15-10-9(11(17)14-12(15)18)6-8(13-10)7-16-2-4-19-5-3-16;1-12-6-5(2-4(3-9)10-6)7(13)11-8(12)14;1-11-6-5(2-4(3-12)9-6)7(13)10-8(11)14;1-3-6-4-2-5-1;2-1-4-3;;1-5(2,3)4;1-4(2)3;;;;/h3-22H2,1-2H3,(H,30,35,36);2-21H2,1H3;2-7H2,1H3,(H,14,17,18);2-3H2,1H3,(H,11,13,14);12H,2-3H2,1H3,(H,10,13,14);5H,1-4H2;1,3H;1H;;;;;;/q;;;;;;;;;;2*+1;;-1/p-1/i;;;;;;;1D;;;;;;. The van der Waals surface area contributed by atoms with Crippen molar-refractivity contribution in [2.75, 3.05) is 138 Å². The first-order valence-electron chi connectivity index (χ1n) is 47.8. The maximum Gasteiger partial charge on any atom is 1.00 e. The second-order valence-corrected chi connectivity index (χ2v) is 43.8. The molecule has 145 heavy (non-hydrogen) atoms. The number of aliphatic imine (C=N–C) groups is 3. The summed E-state index contributed by atoms with van der Waals surface area (Å²) < 4.78 is 64.1. The summed E-state index contributed by atoms with van der Waals surface area (Å²) in [6.07, 6.45) is 33.9. The van der Waals surface area contributed by atoms with Gasteiger partial charge in [0.25, 0.3) is 28.7 Å². The number of hydrogen-bond acceptors (Lipinski definition) is 33. The molecule has 6 N–H and O–H groups in total. The molecule has 7 aromatic rings. The number of carbonyl (C=O) groups is 3. The summed E-state index contributed by atoms with van der Waals surface area (Å²) in [6, 6.07) is 0. The molecule has 7 aromatic heterocycles. The molecule has 7 aliphatic heterocycles. The molecular weight excluding hydrogens is 2380 g/mol. The van der Waals surface area contributed by atoms with Crippen LogP contribution in [-0.4, -0.2) is 275 Å². The molecule has 0 atom stereocenters. The smallest absolute Gasteiger partial charge is 1.00 e. The van der Waals surface area contributed by atoms with E-state index in [9.17, 15) is 52.5 Å². The van der Waals surface area contributed by atoms with Gasteiger partial charge in [0.05, 0.1) is 115 Å². The van der Waals surface area contributed by atoms with Crippen molar-refractivity contribution in [2.45, 2.75) is 225 Å². The average Bonchev–Trinajstić information content (AvgIpc) is 1.62. The van der Waals surface area contributed by atoms with Crippen molar-refractivity contribution >= 4 is 188 Å². The number of ether oxygens (including phenoxy) is 6. The van der Waals surface area contributed by atoms with Gasteiger partial charge in [-0.25, -0.2) is 53.3 Å². The van der Waals surface area contributed by atoms with Crippen LogP contribution in [0.1, 0.15) is 210 Å². The monoisotopic (exact) mass is 2510 g/mol. The molecule has 800 valence electrons. The maximum atomic E-state index is 12.7. The van der Waals surface area contributed by atoms with Crippen LogP contribution in [0, 0.1) is 31.1 Å². The maximum absolute atomic E-state index is 12.7. The molecule has 57 heteroatoms. The van der Waals surface area contributed by atoms with Crippen molar-refractivity contribution in [3.05, 3.63) is 122 Å². The number of methoxy groups -OCH3 is 2. The van der Waals surface area contributed by atoms with E-state index in [-0.39, 0.29) is 188 Å². The van der Waals surface area contributed by atoms with Gasteiger partial charge < -0.3 is 59.6 Å². The zero-order valence-electron chi connectivity index (χ0n) is 85.9. The summed E-state index contributed by atoms with van der Waals surface area (Å²) in [7, 11) is 20.4. The molecule has 4 fully saturated rings. The number of rotatable bonds is 41. The van der Waals surface area contributed by atoms with Gasteiger partial charge in [0, 0.05) is 205 Å². The van der Waals surface area contributed by atoms with Crippen LogP contribution in [0.4, 0.5) is 17.5 Å². The Labute approximate surface area is 995 Å². The number of fused-ring (bicyclic) bond motifs is 5. The third kappa shape index (κ3) is 52.3. The summed E-state index contributed by atoms with van der Waals surface area (Å²) in [5, 5.41) is 17.7. The number of aliphatic hydroxyl groups is 1. The second-order valence-electron chi connectivity index (χ2n) is 33.7. The molecule has 0 saturated carbocycles. The number of unbranched alkanes of at least 4 members (excludes halogenated alkanes) is 24. The van der Waals surface area contributed by atoms with E-state index < -0.39 is 42.7 Å². The number of aromatic amines is 4. The van der Waals surface area contributed by atoms with E-state index in [0.29, 0.717) is 119 Å². The molecule has 0 aromatic carbocycles. The minimum atomic E-state index is -3.22. The molecule has 0 bridgehead atoms. The molecule has 43 nitrogen and oxygen atoms in total. The number of nitrogens with one attached hydrogen (secondary N) is 5. The molecule has 7 aliphatic rings. The number of H-pyrrole nitrogens is 4. The first-order chi connectivity index (χ1) is 68.6. The normalized spacial score (nSPS) is 14.5. The number of aliphatic hydroxyl groups excluding tert-OH is 1. The van der Waals surface area contributed by atoms with Crippen LogP contribution in [-0.2, 0) is 135 Å². The SMILES string of the molecule is C1COCCN1.COC(=O)CCCCCCCCCCCCCCCn1c(CN2CCOCC2)nc2c1c(=O)[nH]c(=O)n2C.COC(=O)CCCCCCCCCCCCCCCn1c(CN2CCOCC2)nc2nc(Cl)nc(Cl)c21.Cn1c2c(c(=O)[nH]c1=O)CC(CCl)=N2.Cn1c2c(c(=O)[nH]c1=O)CC(CN1CCOCC1)=N2.Cn1c2c(c(=O)[nH]c1=O)CC(CO)=N2.O=CO[O-].O=P(Cl)(Cl)Cl.O=S(Cl)Cl.[2H][B].[H-].[K+].[K+].[U]. The Morgan fingerprint density at radius 3 is 1.13 bits per heavy atom. The predicted molar refractivity (Wildman–Crippen MR) is 555 cm³/mol. The van der Waals surface area contributed by atoms with E-state index in [4.69, 9.17) is 84.4 Å². The van der Waals surface area contributed by atoms with Crippen LogP contribution in [0.15, 0.2) is 53.3 Å². The molecule has 0 unspecified atom stereocenters. The van der Waals surface area contributed by atoms with E-state index >= 15 is 0 Å². The number of hydrogen-bond donors (Lipinski definition) is 6. The third-order valence-electron chi connectivity index (χ3n) is 23.4. The van der Waals surface area contributed by atoms with E-state index in [1.165, 1.54) is 162 Å². The predicted octanol–water partition coefficient (Wildman–Crippen LogP) is 3.53. The van der Waals surface area contributed by atoms with Gasteiger partial charge in [0.1, 0.15) is 34.6 Å². The van der Waals surface area contributed by atoms with Gasteiger partial charge in [0.15, 0.2) is 22.0 Å². The van der Waals surface area contributed by atoms with Crippen molar-refractivity contribution in [1.82, 2.24) is 87.3 Å². The Morgan fingerprint density at radius 2 is 0.793 bits per heavy atom. The third-order valence-corrected chi connectivity index (χ3v) is 24.2. The Kier molecular flexibility index (Phi) is 73.2. The quantitative estimate of drug-likeness (QED) is 0.00273. The minimum Gasteiger partial charge on any atom is -1.00 e. The number of esters is 2. The molecule has 4 saturated heterocycles. The van der Waals surface area contributed by atoms with Crippen molar-refractivity contribution in [1.29, 1.82) is 1.34 Å². The fraction of sp³-hybridized carbons (Fsp3) is 0.682. The number of carbonyl (C=O) groups excluding carboxylic acids is 3. The minimum absolute atomic E-state index is 0. The molecular formula is C88H135BCl8K2N21O22PSU. The number of halogens is 8. The van der Waals surface area contributed by atoms with Gasteiger partial charge in [-0.3, -0.25) is 91.0 Å². The van der Waals surface area contributed by atoms with Crippen LogP contribution in [0.5, 0.6) is 0 Å². The van der Waals surface area contributed by atoms with Crippen molar-refractivity contribution in [3.63, 3.8) is 0 Å². The Balaban J connectivity index is 0.000000905. The summed E-state index contributed by atoms with van der Waals surface area (Å²) in [5.74, 6) is 3.18. The van der Waals surface area contributed by atoms with Crippen molar-refractivity contribution in [3.8, 4) is 0 Å². The zero-order valence-corrected chi connectivity index (χ0v) is 102. The van der Waals surface area contributed by atoms with Crippen LogP contribution in [0.3, 0.4) is 0 Å². The van der Waals surface area contributed by atoms with E-state index in [0.717, 1.165) is 186 Å². The molecule has 0 amide bonds. The zero-order chi connectivity index (χ0) is 105. The summed E-state index contributed by atoms with van der Waals surface area (Å²) in [4.78, 5) is 173. The van der Waals surface area contributed by atoms with E-state index in [1.807, 2.05) is 4.57 Å². The summed E-state index contributed by atoms with van der Waals surface area (Å²) in [5.41, 5.74) is 2.78. The second kappa shape index (κ2) is 78.1. The molecule has 0 spiro atoms. The number of aryl methyl sites for hydroxylation is 3. The van der Waals surface area contributed by atoms with Gasteiger partial charge in [-0.2, -0.15) is 4.98 Å². The first-order valence-corrected chi connectivity index (χ1v) is 55.7. The number of nitrogens with zero attached hydrogens (tertiary/aromatic N) is 16. The Bertz CT molecular complexity index is 5670. The van der Waals surface area contributed by atoms with Crippen LogP contribution >= 0.6 is 95.1 Å². The van der Waals surface area contributed by atoms with E-state index in [1.54, 1.807) is 21.1 Å². The topological polar surface area (TPSA) is 533 Å². The van der Waals surface area contributed by atoms with Gasteiger partial charge in [-0.15, -0.1) is 11.6 Å². The van der Waals surface area contributed by atoms with Crippen LogP contribution < -0.4 is 158 Å². The van der Waals surface area contributed by atoms with E-state index in [2.05, 4.69) is 147 Å². The van der Waals surface area contributed by atoms with Crippen molar-refractivity contribution < 1.29 is 202 Å². The molecule has 14 rings (SSSR count). The van der Waals surface area contributed by atoms with Gasteiger partial charge in [-0.1, -0.05) is 153 Å². The Morgan fingerprint density at radius 1 is 0.490 bits per heavy atom. The summed E-state index contributed by atoms with van der Waals surface area (Å²) in [6.45, 7) is 16.8. The first kappa shape index (κ1) is 136. The van der Waals surface area contributed by atoms with Gasteiger partial charge >= 0.3 is 143 Å². The number of aromatic nitrogens is 14. The Hall–Kier alpha value is -3.15. The average molecular weight is 2510 g/mol. The van der Waals surface area contributed by atoms with Gasteiger partial charge in [0.2, 0.25) is 14.5 Å². The van der Waals surface area contributed by atoms with Crippen LogP contribution in [0.25, 0.3) is 22.3 Å². The number of alkyl halides is 1. The fourth-order valence-electron chi connectivity index (χ4n) is 16.0. The summed E-state index contributed by atoms with van der Waals surface area (Å²) >= 11 is 32.0. The molecule has 0 aliphatic carbocycles. The fourth-order valence-corrected chi connectivity index (χ4v) is 16.6. The largest absolute Gasteiger partial charge is 1.00 e. The molecule has 2 radical (unpaired) electrons. The van der Waals surface area contributed by atoms with Crippen LogP contribution in [0.2, 0.25) is 10.4 Å².